The first-order valence-corrected chi connectivity index (χ1v) is 8.01. The number of imidazole rings is 1. The molecule has 0 aliphatic heterocycles. The summed E-state index contributed by atoms with van der Waals surface area (Å²) in [5.41, 5.74) is 3.61. The van der Waals surface area contributed by atoms with Crippen LogP contribution in [-0.2, 0) is 4.74 Å². The van der Waals surface area contributed by atoms with Gasteiger partial charge in [0.1, 0.15) is 18.2 Å². The van der Waals surface area contributed by atoms with Gasteiger partial charge in [0, 0.05) is 0 Å². The number of fused-ring (bicyclic) bond motifs is 1. The number of aromatic amines is 1. The first-order chi connectivity index (χ1) is 12.5. The highest BCUT2D eigenvalue weighted by molar-refractivity contribution is 5.91. The molecule has 3 rings (SSSR count). The molecule has 0 fully saturated rings. The van der Waals surface area contributed by atoms with Crippen molar-refractivity contribution in [3.63, 3.8) is 0 Å². The molecule has 0 saturated carbocycles. The summed E-state index contributed by atoms with van der Waals surface area (Å²) in [6.45, 7) is 3.34. The standard InChI is InChI=1S/C20H17N3O3/c1-12-7-8-14(13(2)9-12)20(25)26-11-18(24)15(10-21)19-22-16-5-3-4-6-17(16)23-19/h3-9,24H,11H2,1-2H3,(H,22,23)/b18-15-. The topological polar surface area (TPSA) is 99.0 Å². The van der Waals surface area contributed by atoms with E-state index >= 15 is 0 Å². The summed E-state index contributed by atoms with van der Waals surface area (Å²) in [6.07, 6.45) is 0. The number of para-hydroxylation sites is 2. The van der Waals surface area contributed by atoms with E-state index in [1.807, 2.05) is 50.2 Å². The van der Waals surface area contributed by atoms with Gasteiger partial charge in [0.2, 0.25) is 0 Å². The third-order valence-electron chi connectivity index (χ3n) is 3.97. The van der Waals surface area contributed by atoms with Crippen LogP contribution in [0.15, 0.2) is 48.2 Å². The van der Waals surface area contributed by atoms with Crippen LogP contribution in [0.5, 0.6) is 0 Å². The van der Waals surface area contributed by atoms with E-state index in [1.54, 1.807) is 12.1 Å². The van der Waals surface area contributed by atoms with E-state index in [0.717, 1.165) is 16.6 Å². The highest BCUT2D eigenvalue weighted by Gasteiger charge is 2.16. The lowest BCUT2D eigenvalue weighted by molar-refractivity contribution is 0.0502. The summed E-state index contributed by atoms with van der Waals surface area (Å²) in [5.74, 6) is -0.686. The van der Waals surface area contributed by atoms with Crippen molar-refractivity contribution in [2.24, 2.45) is 0 Å². The number of aliphatic hydroxyl groups excluding tert-OH is 1. The number of esters is 1. The third-order valence-corrected chi connectivity index (χ3v) is 3.97. The first kappa shape index (κ1) is 17.2. The molecule has 3 aromatic rings. The molecule has 130 valence electrons. The molecule has 1 heterocycles. The maximum absolute atomic E-state index is 12.2. The number of hydrogen-bond donors (Lipinski definition) is 2. The first-order valence-electron chi connectivity index (χ1n) is 8.01. The molecule has 26 heavy (non-hydrogen) atoms. The van der Waals surface area contributed by atoms with E-state index in [4.69, 9.17) is 4.74 Å². The van der Waals surface area contributed by atoms with E-state index in [2.05, 4.69) is 9.97 Å². The number of nitrogens with zero attached hydrogens (tertiary/aromatic N) is 2. The molecule has 2 N–H and O–H groups in total. The smallest absolute Gasteiger partial charge is 0.338 e. The number of aromatic nitrogens is 2. The number of nitriles is 1. The number of nitrogens with one attached hydrogen (secondary N) is 1. The second-order valence-electron chi connectivity index (χ2n) is 5.93. The van der Waals surface area contributed by atoms with Crippen molar-refractivity contribution in [1.29, 1.82) is 5.26 Å². The zero-order valence-electron chi connectivity index (χ0n) is 14.4. The molecule has 6 nitrogen and oxygen atoms in total. The van der Waals surface area contributed by atoms with Crippen LogP contribution < -0.4 is 0 Å². The number of aliphatic hydroxyl groups is 1. The number of H-pyrrole nitrogens is 1. The molecular formula is C20H17N3O3. The second-order valence-corrected chi connectivity index (χ2v) is 5.93. The Morgan fingerprint density at radius 1 is 1.27 bits per heavy atom. The van der Waals surface area contributed by atoms with E-state index in [9.17, 15) is 15.2 Å². The van der Waals surface area contributed by atoms with Gasteiger partial charge in [0.15, 0.2) is 11.6 Å². The van der Waals surface area contributed by atoms with Gasteiger partial charge >= 0.3 is 5.97 Å². The Balaban J connectivity index is 1.81. The normalized spacial score (nSPS) is 11.7. The zero-order valence-corrected chi connectivity index (χ0v) is 14.4. The largest absolute Gasteiger partial charge is 0.507 e. The van der Waals surface area contributed by atoms with Gasteiger partial charge in [0.25, 0.3) is 0 Å². The van der Waals surface area contributed by atoms with Gasteiger partial charge < -0.3 is 14.8 Å². The Morgan fingerprint density at radius 3 is 2.73 bits per heavy atom. The molecule has 0 unspecified atom stereocenters. The fourth-order valence-corrected chi connectivity index (χ4v) is 2.65. The fourth-order valence-electron chi connectivity index (χ4n) is 2.65. The fraction of sp³-hybridized carbons (Fsp3) is 0.150. The minimum atomic E-state index is -0.559. The van der Waals surface area contributed by atoms with E-state index in [-0.39, 0.29) is 17.2 Å². The summed E-state index contributed by atoms with van der Waals surface area (Å²) in [4.78, 5) is 19.5. The van der Waals surface area contributed by atoms with Crippen molar-refractivity contribution in [2.45, 2.75) is 13.8 Å². The predicted octanol–water partition coefficient (Wildman–Crippen LogP) is 3.83. The van der Waals surface area contributed by atoms with E-state index in [0.29, 0.717) is 11.1 Å². The van der Waals surface area contributed by atoms with Gasteiger partial charge in [0.05, 0.1) is 16.6 Å². The summed E-state index contributed by atoms with van der Waals surface area (Å²) < 4.78 is 5.15. The van der Waals surface area contributed by atoms with Crippen LogP contribution in [-0.4, -0.2) is 27.7 Å². The molecule has 0 aliphatic rings. The van der Waals surface area contributed by atoms with Gasteiger partial charge in [-0.2, -0.15) is 5.26 Å². The zero-order chi connectivity index (χ0) is 18.7. The molecule has 0 saturated heterocycles. The van der Waals surface area contributed by atoms with Gasteiger partial charge in [-0.25, -0.2) is 9.78 Å². The third kappa shape index (κ3) is 3.42. The molecular weight excluding hydrogens is 330 g/mol. The molecule has 6 heteroatoms. The number of ether oxygens (including phenoxy) is 1. The average molecular weight is 347 g/mol. The number of allylic oxidation sites excluding steroid dienone is 1. The number of benzene rings is 2. The number of rotatable bonds is 4. The Kier molecular flexibility index (Phi) is 4.72. The minimum Gasteiger partial charge on any atom is -0.507 e. The highest BCUT2D eigenvalue weighted by Crippen LogP contribution is 2.19. The lowest BCUT2D eigenvalue weighted by Crippen LogP contribution is -2.10. The summed E-state index contributed by atoms with van der Waals surface area (Å²) in [6, 6.07) is 14.6. The summed E-state index contributed by atoms with van der Waals surface area (Å²) in [7, 11) is 0. The number of carbonyl (C=O) groups is 1. The number of hydrogen-bond acceptors (Lipinski definition) is 5. The summed E-state index contributed by atoms with van der Waals surface area (Å²) in [5, 5.41) is 19.6. The van der Waals surface area contributed by atoms with Crippen molar-refractivity contribution < 1.29 is 14.6 Å². The highest BCUT2D eigenvalue weighted by atomic mass is 16.5. The van der Waals surface area contributed by atoms with Crippen molar-refractivity contribution in [2.75, 3.05) is 6.61 Å². The lowest BCUT2D eigenvalue weighted by Gasteiger charge is -2.08. The molecule has 0 atom stereocenters. The maximum atomic E-state index is 12.2. The SMILES string of the molecule is Cc1ccc(C(=O)OC/C(O)=C(\C#N)c2nc3ccccc3[nH]2)c(C)c1. The summed E-state index contributed by atoms with van der Waals surface area (Å²) >= 11 is 0. The van der Waals surface area contributed by atoms with E-state index < -0.39 is 12.6 Å². The molecule has 0 spiro atoms. The van der Waals surface area contributed by atoms with Crippen LogP contribution in [0.25, 0.3) is 16.6 Å². The number of aryl methyl sites for hydroxylation is 2. The van der Waals surface area contributed by atoms with Crippen molar-refractivity contribution in [3.8, 4) is 6.07 Å². The molecule has 0 radical (unpaired) electrons. The van der Waals surface area contributed by atoms with Crippen LogP contribution >= 0.6 is 0 Å². The quantitative estimate of drug-likeness (QED) is 0.424. The number of carbonyl (C=O) groups excluding carboxylic acids is 1. The monoisotopic (exact) mass is 347 g/mol. The Labute approximate surface area is 150 Å². The predicted molar refractivity (Wildman–Crippen MR) is 97.5 cm³/mol. The average Bonchev–Trinajstić information content (AvgIpc) is 3.04. The lowest BCUT2D eigenvalue weighted by atomic mass is 10.1. The van der Waals surface area contributed by atoms with Crippen LogP contribution in [0.1, 0.15) is 27.3 Å². The van der Waals surface area contributed by atoms with Crippen molar-refractivity contribution >= 4 is 22.6 Å². The molecule has 0 aliphatic carbocycles. The molecule has 2 aromatic carbocycles. The van der Waals surface area contributed by atoms with Crippen molar-refractivity contribution in [3.05, 3.63) is 70.7 Å². The second kappa shape index (κ2) is 7.11. The van der Waals surface area contributed by atoms with Crippen LogP contribution in [0, 0.1) is 25.2 Å². The van der Waals surface area contributed by atoms with Gasteiger partial charge in [-0.1, -0.05) is 29.8 Å². The van der Waals surface area contributed by atoms with Gasteiger partial charge in [-0.05, 0) is 37.6 Å². The Morgan fingerprint density at radius 2 is 2.04 bits per heavy atom. The molecule has 0 bridgehead atoms. The van der Waals surface area contributed by atoms with Crippen LogP contribution in [0.3, 0.4) is 0 Å². The molecule has 0 amide bonds. The van der Waals surface area contributed by atoms with Crippen LogP contribution in [0.4, 0.5) is 0 Å². The van der Waals surface area contributed by atoms with Gasteiger partial charge in [-0.15, -0.1) is 0 Å². The minimum absolute atomic E-state index is 0.0605. The Bertz CT molecular complexity index is 1020. The Hall–Kier alpha value is -3.59. The maximum Gasteiger partial charge on any atom is 0.338 e. The molecule has 1 aromatic heterocycles. The van der Waals surface area contributed by atoms with Crippen LogP contribution in [0.2, 0.25) is 0 Å². The van der Waals surface area contributed by atoms with Crippen molar-refractivity contribution in [1.82, 2.24) is 9.97 Å². The van der Waals surface area contributed by atoms with Gasteiger partial charge in [-0.3, -0.25) is 0 Å². The van der Waals surface area contributed by atoms with E-state index in [1.165, 1.54) is 0 Å².